The van der Waals surface area contributed by atoms with Gasteiger partial charge in [0.25, 0.3) is 15.9 Å². The standard InChI is InChI=1S/C14H14N4O3S3/c19-12(13(22)17-10-1-2-10)16-9-3-5-11(6-4-9)24(20,21)18-14-15-7-8-23-14/h3-8,10H,1-2H2,(H,15,18)(H,16,19)(H,17,22). The summed E-state index contributed by atoms with van der Waals surface area (Å²) in [5.74, 6) is -0.409. The molecular formula is C14H14N4O3S3. The smallest absolute Gasteiger partial charge is 0.283 e. The van der Waals surface area contributed by atoms with Crippen molar-refractivity contribution >= 4 is 55.3 Å². The van der Waals surface area contributed by atoms with Crippen molar-refractivity contribution in [2.75, 3.05) is 10.0 Å². The van der Waals surface area contributed by atoms with Gasteiger partial charge in [0.05, 0.1) is 4.90 Å². The number of carbonyl (C=O) groups is 1. The Balaban J connectivity index is 1.64. The second kappa shape index (κ2) is 6.83. The zero-order chi connectivity index (χ0) is 17.2. The fourth-order valence-corrected chi connectivity index (χ4v) is 3.84. The second-order valence-electron chi connectivity index (χ2n) is 5.17. The Hall–Kier alpha value is -2.04. The fourth-order valence-electron chi connectivity index (χ4n) is 1.83. The SMILES string of the molecule is O=C(Nc1ccc(S(=O)(=O)Nc2nccs2)cc1)C(=S)NC1CC1. The van der Waals surface area contributed by atoms with E-state index in [0.717, 1.165) is 12.8 Å². The van der Waals surface area contributed by atoms with Crippen LogP contribution in [0.4, 0.5) is 10.8 Å². The van der Waals surface area contributed by atoms with E-state index in [0.29, 0.717) is 16.9 Å². The first-order valence-electron chi connectivity index (χ1n) is 7.08. The zero-order valence-electron chi connectivity index (χ0n) is 12.4. The highest BCUT2D eigenvalue weighted by Gasteiger charge is 2.24. The van der Waals surface area contributed by atoms with Crippen molar-refractivity contribution in [3.8, 4) is 0 Å². The van der Waals surface area contributed by atoms with Gasteiger partial charge in [0.2, 0.25) is 0 Å². The Bertz CT molecular complexity index is 844. The second-order valence-corrected chi connectivity index (χ2v) is 8.15. The average molecular weight is 382 g/mol. The van der Waals surface area contributed by atoms with Crippen molar-refractivity contribution in [3.05, 3.63) is 35.8 Å². The summed E-state index contributed by atoms with van der Waals surface area (Å²) in [6.07, 6.45) is 3.55. The van der Waals surface area contributed by atoms with Gasteiger partial charge >= 0.3 is 0 Å². The first kappa shape index (κ1) is 16.8. The van der Waals surface area contributed by atoms with Crippen molar-refractivity contribution in [1.29, 1.82) is 0 Å². The Morgan fingerprint density at radius 2 is 1.96 bits per heavy atom. The van der Waals surface area contributed by atoms with Crippen LogP contribution in [0, 0.1) is 0 Å². The summed E-state index contributed by atoms with van der Waals surface area (Å²) in [4.78, 5) is 16.0. The van der Waals surface area contributed by atoms with E-state index in [9.17, 15) is 13.2 Å². The van der Waals surface area contributed by atoms with E-state index in [4.69, 9.17) is 12.2 Å². The molecule has 1 aliphatic rings. The highest BCUT2D eigenvalue weighted by molar-refractivity contribution is 7.93. The number of hydrogen-bond donors (Lipinski definition) is 3. The molecule has 0 spiro atoms. The van der Waals surface area contributed by atoms with E-state index in [2.05, 4.69) is 20.3 Å². The molecule has 0 unspecified atom stereocenters. The van der Waals surface area contributed by atoms with Crippen LogP contribution in [-0.2, 0) is 14.8 Å². The van der Waals surface area contributed by atoms with Crippen LogP contribution in [0.2, 0.25) is 0 Å². The van der Waals surface area contributed by atoms with Gasteiger partial charge in [-0.1, -0.05) is 12.2 Å². The van der Waals surface area contributed by atoms with Crippen LogP contribution in [0.15, 0.2) is 40.7 Å². The fraction of sp³-hybridized carbons (Fsp3) is 0.214. The van der Waals surface area contributed by atoms with Crippen LogP contribution >= 0.6 is 23.6 Å². The van der Waals surface area contributed by atoms with Crippen molar-refractivity contribution in [2.24, 2.45) is 0 Å². The number of thiocarbonyl (C=S) groups is 1. The summed E-state index contributed by atoms with van der Waals surface area (Å²) in [6, 6.07) is 6.13. The van der Waals surface area contributed by atoms with Crippen molar-refractivity contribution in [3.63, 3.8) is 0 Å². The molecule has 0 aliphatic heterocycles. The predicted molar refractivity (Wildman–Crippen MR) is 96.7 cm³/mol. The van der Waals surface area contributed by atoms with Gasteiger partial charge in [-0.25, -0.2) is 13.4 Å². The topological polar surface area (TPSA) is 100 Å². The normalized spacial score (nSPS) is 14.0. The maximum absolute atomic E-state index is 12.2. The molecule has 0 radical (unpaired) electrons. The van der Waals surface area contributed by atoms with Crippen LogP contribution in [0.5, 0.6) is 0 Å². The van der Waals surface area contributed by atoms with Crippen LogP contribution in [-0.4, -0.2) is 30.3 Å². The minimum Gasteiger partial charge on any atom is -0.369 e. The maximum Gasteiger partial charge on any atom is 0.283 e. The molecule has 1 heterocycles. The number of nitrogens with zero attached hydrogens (tertiary/aromatic N) is 1. The number of carbonyl (C=O) groups excluding carboxylic acids is 1. The van der Waals surface area contributed by atoms with Crippen LogP contribution in [0.25, 0.3) is 0 Å². The molecule has 7 nitrogen and oxygen atoms in total. The lowest BCUT2D eigenvalue weighted by atomic mass is 10.3. The lowest BCUT2D eigenvalue weighted by molar-refractivity contribution is -0.110. The number of amides is 1. The molecule has 10 heteroatoms. The van der Waals surface area contributed by atoms with E-state index in [1.165, 1.54) is 41.8 Å². The van der Waals surface area contributed by atoms with Gasteiger partial charge in [0.1, 0.15) is 0 Å². The first-order valence-corrected chi connectivity index (χ1v) is 9.85. The van der Waals surface area contributed by atoms with E-state index >= 15 is 0 Å². The number of sulfonamides is 1. The highest BCUT2D eigenvalue weighted by atomic mass is 32.2. The quantitative estimate of drug-likeness (QED) is 0.684. The van der Waals surface area contributed by atoms with Crippen molar-refractivity contribution < 1.29 is 13.2 Å². The van der Waals surface area contributed by atoms with Gasteiger partial charge in [0.15, 0.2) is 10.1 Å². The van der Waals surface area contributed by atoms with E-state index in [1.807, 2.05) is 0 Å². The molecule has 24 heavy (non-hydrogen) atoms. The predicted octanol–water partition coefficient (Wildman–Crippen LogP) is 1.96. The van der Waals surface area contributed by atoms with Crippen molar-refractivity contribution in [2.45, 2.75) is 23.8 Å². The molecule has 1 aromatic carbocycles. The van der Waals surface area contributed by atoms with E-state index in [-0.39, 0.29) is 9.88 Å². The molecule has 1 saturated carbocycles. The Kier molecular flexibility index (Phi) is 4.78. The number of aromatic nitrogens is 1. The Morgan fingerprint density at radius 1 is 1.25 bits per heavy atom. The van der Waals surface area contributed by atoms with E-state index < -0.39 is 15.9 Å². The molecule has 0 atom stereocenters. The molecule has 126 valence electrons. The molecule has 0 bridgehead atoms. The van der Waals surface area contributed by atoms with Gasteiger partial charge in [-0.3, -0.25) is 9.52 Å². The number of nitrogens with one attached hydrogen (secondary N) is 3. The van der Waals surface area contributed by atoms with Crippen molar-refractivity contribution in [1.82, 2.24) is 10.3 Å². The molecule has 1 amide bonds. The van der Waals surface area contributed by atoms with Crippen LogP contribution < -0.4 is 15.4 Å². The number of rotatable bonds is 5. The molecule has 1 aromatic heterocycles. The summed E-state index contributed by atoms with van der Waals surface area (Å²) in [5, 5.41) is 7.54. The lowest BCUT2D eigenvalue weighted by Gasteiger charge is -2.09. The van der Waals surface area contributed by atoms with Gasteiger partial charge in [-0.2, -0.15) is 0 Å². The monoisotopic (exact) mass is 382 g/mol. The largest absolute Gasteiger partial charge is 0.369 e. The molecule has 3 rings (SSSR count). The number of anilines is 2. The van der Waals surface area contributed by atoms with Gasteiger partial charge in [-0.15, -0.1) is 11.3 Å². The highest BCUT2D eigenvalue weighted by Crippen LogP contribution is 2.20. The molecule has 0 saturated heterocycles. The molecule has 1 fully saturated rings. The molecule has 1 aliphatic carbocycles. The summed E-state index contributed by atoms with van der Waals surface area (Å²) >= 11 is 6.20. The summed E-state index contributed by atoms with van der Waals surface area (Å²) in [5.41, 5.74) is 0.466. The third-order valence-corrected chi connectivity index (χ3v) is 5.67. The third kappa shape index (κ3) is 4.28. The Labute approximate surface area is 148 Å². The maximum atomic E-state index is 12.2. The molecular weight excluding hydrogens is 368 g/mol. The van der Waals surface area contributed by atoms with Gasteiger partial charge in [0, 0.05) is 23.3 Å². The average Bonchev–Trinajstić information content (AvgIpc) is 3.21. The zero-order valence-corrected chi connectivity index (χ0v) is 14.8. The molecule has 3 N–H and O–H groups in total. The summed E-state index contributed by atoms with van der Waals surface area (Å²) in [6.45, 7) is 0. The van der Waals surface area contributed by atoms with E-state index in [1.54, 1.807) is 5.38 Å². The summed E-state index contributed by atoms with van der Waals surface area (Å²) < 4.78 is 26.8. The minimum absolute atomic E-state index is 0.0781. The number of thiazole rings is 1. The van der Waals surface area contributed by atoms with Gasteiger partial charge in [-0.05, 0) is 37.1 Å². The number of hydrogen-bond acceptors (Lipinski definition) is 6. The van der Waals surface area contributed by atoms with Crippen LogP contribution in [0.3, 0.4) is 0 Å². The van der Waals surface area contributed by atoms with Gasteiger partial charge < -0.3 is 10.6 Å². The first-order chi connectivity index (χ1) is 11.4. The van der Waals surface area contributed by atoms with Crippen LogP contribution in [0.1, 0.15) is 12.8 Å². The Morgan fingerprint density at radius 3 is 2.54 bits per heavy atom. The third-order valence-electron chi connectivity index (χ3n) is 3.20. The minimum atomic E-state index is -3.71. The summed E-state index contributed by atoms with van der Waals surface area (Å²) in [7, 11) is -3.71. The lowest BCUT2D eigenvalue weighted by Crippen LogP contribution is -2.35. The number of benzene rings is 1. The molecule has 2 aromatic rings.